The molecule has 0 amide bonds. The molecule has 9 heteroatoms. The number of hydrogen-bond acceptors (Lipinski definition) is 3. The highest BCUT2D eigenvalue weighted by molar-refractivity contribution is 5.74. The van der Waals surface area contributed by atoms with E-state index in [0.29, 0.717) is 0 Å². The van der Waals surface area contributed by atoms with Crippen LogP contribution in [0.25, 0.3) is 0 Å². The minimum absolute atomic E-state index is 0.866. The number of esters is 1. The SMILES string of the molecule is CC(OCC(F)(F)F)C(=O)OCC(F)(F)F. The second-order valence-corrected chi connectivity index (χ2v) is 2.79. The molecule has 0 saturated heterocycles. The van der Waals surface area contributed by atoms with E-state index in [0.717, 1.165) is 6.92 Å². The van der Waals surface area contributed by atoms with E-state index in [-0.39, 0.29) is 0 Å². The van der Waals surface area contributed by atoms with Gasteiger partial charge in [0.1, 0.15) is 6.61 Å². The van der Waals surface area contributed by atoms with Gasteiger partial charge in [0, 0.05) is 0 Å². The van der Waals surface area contributed by atoms with Gasteiger partial charge in [-0.2, -0.15) is 26.3 Å². The topological polar surface area (TPSA) is 35.5 Å². The van der Waals surface area contributed by atoms with E-state index in [4.69, 9.17) is 0 Å². The third kappa shape index (κ3) is 8.33. The lowest BCUT2D eigenvalue weighted by molar-refractivity contribution is -0.206. The molecule has 16 heavy (non-hydrogen) atoms. The average molecular weight is 254 g/mol. The summed E-state index contributed by atoms with van der Waals surface area (Å²) in [6, 6.07) is 0. The minimum atomic E-state index is -4.72. The van der Waals surface area contributed by atoms with Crippen molar-refractivity contribution in [3.8, 4) is 0 Å². The Morgan fingerprint density at radius 2 is 1.50 bits per heavy atom. The summed E-state index contributed by atoms with van der Waals surface area (Å²) in [5, 5.41) is 0. The standard InChI is InChI=1S/C7H8F6O3/c1-4(15-2-6(8,9)10)5(14)16-3-7(11,12)13/h4H,2-3H2,1H3. The van der Waals surface area contributed by atoms with Gasteiger partial charge in [-0.3, -0.25) is 0 Å². The molecule has 0 radical (unpaired) electrons. The zero-order valence-electron chi connectivity index (χ0n) is 7.98. The number of carbonyl (C=O) groups excluding carboxylic acids is 1. The fourth-order valence-electron chi connectivity index (χ4n) is 0.558. The molecular weight excluding hydrogens is 246 g/mol. The molecule has 1 unspecified atom stereocenters. The number of ether oxygens (including phenoxy) is 2. The predicted octanol–water partition coefficient (Wildman–Crippen LogP) is 2.06. The van der Waals surface area contributed by atoms with Gasteiger partial charge in [0.05, 0.1) is 0 Å². The molecular formula is C7H8F6O3. The Labute approximate surface area is 86.3 Å². The van der Waals surface area contributed by atoms with Gasteiger partial charge in [-0.15, -0.1) is 0 Å². The van der Waals surface area contributed by atoms with Crippen LogP contribution >= 0.6 is 0 Å². The zero-order valence-corrected chi connectivity index (χ0v) is 7.98. The van der Waals surface area contributed by atoms with Gasteiger partial charge < -0.3 is 9.47 Å². The first-order chi connectivity index (χ1) is 7.01. The van der Waals surface area contributed by atoms with E-state index in [9.17, 15) is 31.1 Å². The molecule has 0 saturated carbocycles. The van der Waals surface area contributed by atoms with Crippen molar-refractivity contribution in [1.82, 2.24) is 0 Å². The van der Waals surface area contributed by atoms with Crippen LogP contribution in [0.2, 0.25) is 0 Å². The van der Waals surface area contributed by atoms with E-state index in [1.54, 1.807) is 0 Å². The second kappa shape index (κ2) is 5.37. The molecule has 0 aliphatic heterocycles. The maximum Gasteiger partial charge on any atom is 0.422 e. The van der Waals surface area contributed by atoms with Crippen molar-refractivity contribution < 1.29 is 40.6 Å². The lowest BCUT2D eigenvalue weighted by Gasteiger charge is -2.14. The highest BCUT2D eigenvalue weighted by atomic mass is 19.4. The molecule has 0 fully saturated rings. The Kier molecular flexibility index (Phi) is 5.04. The Hall–Kier alpha value is -0.990. The normalized spacial score (nSPS) is 14.7. The number of hydrogen-bond donors (Lipinski definition) is 0. The molecule has 0 bridgehead atoms. The van der Waals surface area contributed by atoms with E-state index >= 15 is 0 Å². The van der Waals surface area contributed by atoms with Crippen LogP contribution in [0.15, 0.2) is 0 Å². The highest BCUT2D eigenvalue weighted by Crippen LogP contribution is 2.17. The van der Waals surface area contributed by atoms with E-state index in [1.165, 1.54) is 0 Å². The molecule has 96 valence electrons. The third-order valence-electron chi connectivity index (χ3n) is 1.21. The molecule has 1 atom stereocenters. The fourth-order valence-corrected chi connectivity index (χ4v) is 0.558. The maximum absolute atomic E-state index is 11.6. The summed E-state index contributed by atoms with van der Waals surface area (Å²) < 4.78 is 77.1. The van der Waals surface area contributed by atoms with Gasteiger partial charge in [-0.25, -0.2) is 4.79 Å². The maximum atomic E-state index is 11.6. The molecule has 0 aromatic heterocycles. The number of carbonyl (C=O) groups is 1. The van der Waals surface area contributed by atoms with Crippen LogP contribution < -0.4 is 0 Å². The van der Waals surface area contributed by atoms with Gasteiger partial charge in [-0.1, -0.05) is 0 Å². The van der Waals surface area contributed by atoms with Crippen LogP contribution in [0, 0.1) is 0 Å². The molecule has 0 aliphatic rings. The number of halogens is 6. The molecule has 0 N–H and O–H groups in total. The summed E-state index contributed by atoms with van der Waals surface area (Å²) in [7, 11) is 0. The van der Waals surface area contributed by atoms with Crippen LogP contribution in [0.5, 0.6) is 0 Å². The van der Waals surface area contributed by atoms with Crippen LogP contribution in [0.4, 0.5) is 26.3 Å². The van der Waals surface area contributed by atoms with Crippen molar-refractivity contribution in [2.45, 2.75) is 25.4 Å². The number of alkyl halides is 6. The Balaban J connectivity index is 3.92. The lowest BCUT2D eigenvalue weighted by Crippen LogP contribution is -2.31. The van der Waals surface area contributed by atoms with Crippen molar-refractivity contribution in [1.29, 1.82) is 0 Å². The van der Waals surface area contributed by atoms with E-state index in [2.05, 4.69) is 9.47 Å². The average Bonchev–Trinajstić information content (AvgIpc) is 2.07. The van der Waals surface area contributed by atoms with E-state index in [1.807, 2.05) is 0 Å². The van der Waals surface area contributed by atoms with E-state index < -0.39 is 37.6 Å². The quantitative estimate of drug-likeness (QED) is 0.569. The predicted molar refractivity (Wildman–Crippen MR) is 38.5 cm³/mol. The Bertz CT molecular complexity index is 233. The summed E-state index contributed by atoms with van der Waals surface area (Å²) in [5.41, 5.74) is 0. The summed E-state index contributed by atoms with van der Waals surface area (Å²) in [6.45, 7) is -2.72. The summed E-state index contributed by atoms with van der Waals surface area (Å²) in [6.07, 6.45) is -11.1. The lowest BCUT2D eigenvalue weighted by atomic mass is 10.4. The van der Waals surface area contributed by atoms with Crippen LogP contribution in [-0.4, -0.2) is 37.6 Å². The van der Waals surface area contributed by atoms with Crippen LogP contribution in [0.3, 0.4) is 0 Å². The first-order valence-electron chi connectivity index (χ1n) is 3.93. The minimum Gasteiger partial charge on any atom is -0.454 e. The molecule has 0 heterocycles. The Morgan fingerprint density at radius 3 is 1.88 bits per heavy atom. The zero-order chi connectivity index (χ0) is 13.0. The van der Waals surface area contributed by atoms with Gasteiger partial charge in [0.15, 0.2) is 12.7 Å². The number of rotatable bonds is 4. The van der Waals surface area contributed by atoms with Gasteiger partial charge in [-0.05, 0) is 6.92 Å². The van der Waals surface area contributed by atoms with Gasteiger partial charge in [0.25, 0.3) is 0 Å². The van der Waals surface area contributed by atoms with Crippen molar-refractivity contribution in [2.75, 3.05) is 13.2 Å². The molecule has 0 aromatic rings. The first-order valence-corrected chi connectivity index (χ1v) is 3.93. The van der Waals surface area contributed by atoms with Crippen LogP contribution in [-0.2, 0) is 14.3 Å². The summed E-state index contributed by atoms with van der Waals surface area (Å²) >= 11 is 0. The van der Waals surface area contributed by atoms with Crippen molar-refractivity contribution in [3.05, 3.63) is 0 Å². The monoisotopic (exact) mass is 254 g/mol. The second-order valence-electron chi connectivity index (χ2n) is 2.79. The molecule has 0 aliphatic carbocycles. The summed E-state index contributed by atoms with van der Waals surface area (Å²) in [5.74, 6) is -1.50. The van der Waals surface area contributed by atoms with Gasteiger partial charge >= 0.3 is 18.3 Å². The first kappa shape index (κ1) is 15.0. The van der Waals surface area contributed by atoms with Crippen molar-refractivity contribution in [3.63, 3.8) is 0 Å². The molecule has 0 spiro atoms. The van der Waals surface area contributed by atoms with Gasteiger partial charge in [0.2, 0.25) is 0 Å². The smallest absolute Gasteiger partial charge is 0.422 e. The molecule has 3 nitrogen and oxygen atoms in total. The van der Waals surface area contributed by atoms with Crippen LogP contribution in [0.1, 0.15) is 6.92 Å². The Morgan fingerprint density at radius 1 is 1.06 bits per heavy atom. The van der Waals surface area contributed by atoms with Crippen molar-refractivity contribution >= 4 is 5.97 Å². The summed E-state index contributed by atoms with van der Waals surface area (Å²) in [4.78, 5) is 10.7. The third-order valence-corrected chi connectivity index (χ3v) is 1.21. The largest absolute Gasteiger partial charge is 0.454 e. The molecule has 0 aromatic carbocycles. The molecule has 0 rings (SSSR count). The highest BCUT2D eigenvalue weighted by Gasteiger charge is 2.33. The van der Waals surface area contributed by atoms with Crippen molar-refractivity contribution in [2.24, 2.45) is 0 Å². The fraction of sp³-hybridized carbons (Fsp3) is 0.857.